The van der Waals surface area contributed by atoms with Crippen LogP contribution in [0.4, 0.5) is 0 Å². The summed E-state index contributed by atoms with van der Waals surface area (Å²) in [6, 6.07) is 12.8. The SMILES string of the molecule is COc1ccc(C(=O)NCCc2coc(-c3ccccc3)n2)nn1. The van der Waals surface area contributed by atoms with Crippen molar-refractivity contribution in [3.05, 3.63) is 60.1 Å². The predicted octanol–water partition coefficient (Wildman–Crippen LogP) is 2.11. The van der Waals surface area contributed by atoms with Gasteiger partial charge in [-0.3, -0.25) is 4.79 Å². The van der Waals surface area contributed by atoms with Gasteiger partial charge in [0.2, 0.25) is 11.8 Å². The molecule has 0 spiro atoms. The maximum absolute atomic E-state index is 12.0. The number of carbonyl (C=O) groups is 1. The van der Waals surface area contributed by atoms with Crippen molar-refractivity contribution in [3.63, 3.8) is 0 Å². The fourth-order valence-electron chi connectivity index (χ4n) is 2.08. The standard InChI is InChI=1S/C17H16N4O3/c1-23-15-8-7-14(20-21-15)16(22)18-10-9-13-11-24-17(19-13)12-5-3-2-4-6-12/h2-8,11H,9-10H2,1H3,(H,18,22). The van der Waals surface area contributed by atoms with Crippen molar-refractivity contribution in [1.82, 2.24) is 20.5 Å². The number of nitrogens with one attached hydrogen (secondary N) is 1. The van der Waals surface area contributed by atoms with Gasteiger partial charge in [0.1, 0.15) is 6.26 Å². The van der Waals surface area contributed by atoms with Crippen molar-refractivity contribution >= 4 is 5.91 Å². The fraction of sp³-hybridized carbons (Fsp3) is 0.176. The van der Waals surface area contributed by atoms with Crippen LogP contribution in [0, 0.1) is 0 Å². The van der Waals surface area contributed by atoms with Crippen molar-refractivity contribution in [2.45, 2.75) is 6.42 Å². The number of benzene rings is 1. The van der Waals surface area contributed by atoms with Crippen LogP contribution in [-0.4, -0.2) is 34.7 Å². The maximum atomic E-state index is 12.0. The van der Waals surface area contributed by atoms with E-state index in [1.165, 1.54) is 7.11 Å². The lowest BCUT2D eigenvalue weighted by molar-refractivity contribution is 0.0948. The van der Waals surface area contributed by atoms with Gasteiger partial charge in [-0.05, 0) is 18.2 Å². The zero-order valence-corrected chi connectivity index (χ0v) is 13.1. The number of carbonyl (C=O) groups excluding carboxylic acids is 1. The number of methoxy groups -OCH3 is 1. The Morgan fingerprint density at radius 1 is 1.17 bits per heavy atom. The lowest BCUT2D eigenvalue weighted by Crippen LogP contribution is -2.26. The molecule has 0 atom stereocenters. The highest BCUT2D eigenvalue weighted by Crippen LogP contribution is 2.17. The molecule has 0 saturated heterocycles. The molecule has 3 rings (SSSR count). The smallest absolute Gasteiger partial charge is 0.271 e. The van der Waals surface area contributed by atoms with Gasteiger partial charge < -0.3 is 14.5 Å². The van der Waals surface area contributed by atoms with E-state index >= 15 is 0 Å². The predicted molar refractivity (Wildman–Crippen MR) is 86.6 cm³/mol. The first-order valence-corrected chi connectivity index (χ1v) is 7.42. The molecule has 1 N–H and O–H groups in total. The van der Waals surface area contributed by atoms with Crippen LogP contribution in [0.5, 0.6) is 5.88 Å². The number of hydrogen-bond acceptors (Lipinski definition) is 6. The van der Waals surface area contributed by atoms with Crippen LogP contribution < -0.4 is 10.1 Å². The van der Waals surface area contributed by atoms with E-state index in [4.69, 9.17) is 9.15 Å². The molecule has 2 aromatic heterocycles. The van der Waals surface area contributed by atoms with Gasteiger partial charge in [0.05, 0.1) is 12.8 Å². The summed E-state index contributed by atoms with van der Waals surface area (Å²) in [6.45, 7) is 0.424. The molecule has 3 aromatic rings. The van der Waals surface area contributed by atoms with Crippen LogP contribution in [0.15, 0.2) is 53.1 Å². The van der Waals surface area contributed by atoms with Crippen molar-refractivity contribution < 1.29 is 13.9 Å². The fourth-order valence-corrected chi connectivity index (χ4v) is 2.08. The van der Waals surface area contributed by atoms with Crippen molar-refractivity contribution in [2.24, 2.45) is 0 Å². The lowest BCUT2D eigenvalue weighted by Gasteiger charge is -2.03. The Morgan fingerprint density at radius 2 is 2.00 bits per heavy atom. The van der Waals surface area contributed by atoms with Gasteiger partial charge in [-0.15, -0.1) is 10.2 Å². The average Bonchev–Trinajstić information content (AvgIpc) is 3.11. The second-order valence-electron chi connectivity index (χ2n) is 4.98. The van der Waals surface area contributed by atoms with Gasteiger partial charge in [0, 0.05) is 24.6 Å². The minimum absolute atomic E-state index is 0.237. The van der Waals surface area contributed by atoms with E-state index in [2.05, 4.69) is 20.5 Å². The number of nitrogens with zero attached hydrogens (tertiary/aromatic N) is 3. The van der Waals surface area contributed by atoms with Crippen LogP contribution >= 0.6 is 0 Å². The average molecular weight is 324 g/mol. The van der Waals surface area contributed by atoms with E-state index in [1.807, 2.05) is 30.3 Å². The molecule has 0 aliphatic rings. The lowest BCUT2D eigenvalue weighted by atomic mass is 10.2. The topological polar surface area (TPSA) is 90.1 Å². The van der Waals surface area contributed by atoms with Crippen LogP contribution in [0.3, 0.4) is 0 Å². The zero-order chi connectivity index (χ0) is 16.8. The third kappa shape index (κ3) is 3.75. The summed E-state index contributed by atoms with van der Waals surface area (Å²) in [6.07, 6.45) is 2.16. The first-order valence-electron chi connectivity index (χ1n) is 7.42. The Bertz CT molecular complexity index is 800. The molecule has 0 bridgehead atoms. The van der Waals surface area contributed by atoms with Crippen LogP contribution in [-0.2, 0) is 6.42 Å². The number of ether oxygens (including phenoxy) is 1. The highest BCUT2D eigenvalue weighted by Gasteiger charge is 2.09. The summed E-state index contributed by atoms with van der Waals surface area (Å²) >= 11 is 0. The van der Waals surface area contributed by atoms with Gasteiger partial charge in [-0.1, -0.05) is 18.2 Å². The van der Waals surface area contributed by atoms with Gasteiger partial charge in [0.25, 0.3) is 5.91 Å². The second kappa shape index (κ2) is 7.36. The quantitative estimate of drug-likeness (QED) is 0.747. The molecular weight excluding hydrogens is 308 g/mol. The van der Waals surface area contributed by atoms with Crippen molar-refractivity contribution in [3.8, 4) is 17.3 Å². The maximum Gasteiger partial charge on any atom is 0.271 e. The summed E-state index contributed by atoms with van der Waals surface area (Å²) in [5.74, 6) is 0.637. The molecule has 7 nitrogen and oxygen atoms in total. The third-order valence-electron chi connectivity index (χ3n) is 3.32. The van der Waals surface area contributed by atoms with Crippen LogP contribution in [0.25, 0.3) is 11.5 Å². The number of amides is 1. The molecule has 0 radical (unpaired) electrons. The first kappa shape index (κ1) is 15.7. The van der Waals surface area contributed by atoms with Crippen molar-refractivity contribution in [2.75, 3.05) is 13.7 Å². The van der Waals surface area contributed by atoms with E-state index in [0.29, 0.717) is 24.7 Å². The Hall–Kier alpha value is -3.22. The Morgan fingerprint density at radius 3 is 2.71 bits per heavy atom. The second-order valence-corrected chi connectivity index (χ2v) is 4.98. The first-order chi connectivity index (χ1) is 11.8. The molecule has 0 saturated carbocycles. The Labute approximate surface area is 138 Å². The molecule has 0 unspecified atom stereocenters. The molecule has 0 aliphatic carbocycles. The monoisotopic (exact) mass is 324 g/mol. The third-order valence-corrected chi connectivity index (χ3v) is 3.32. The number of hydrogen-bond donors (Lipinski definition) is 1. The van der Waals surface area contributed by atoms with E-state index in [9.17, 15) is 4.79 Å². The normalized spacial score (nSPS) is 10.4. The molecule has 122 valence electrons. The summed E-state index contributed by atoms with van der Waals surface area (Å²) < 4.78 is 10.4. The van der Waals surface area contributed by atoms with Gasteiger partial charge in [-0.2, -0.15) is 0 Å². The molecule has 7 heteroatoms. The molecule has 1 aromatic carbocycles. The van der Waals surface area contributed by atoms with Gasteiger partial charge in [-0.25, -0.2) is 4.98 Å². The van der Waals surface area contributed by atoms with E-state index < -0.39 is 0 Å². The highest BCUT2D eigenvalue weighted by molar-refractivity contribution is 5.92. The molecule has 1 amide bonds. The molecule has 2 heterocycles. The van der Waals surface area contributed by atoms with E-state index in [0.717, 1.165) is 11.3 Å². The zero-order valence-electron chi connectivity index (χ0n) is 13.1. The molecular formula is C17H16N4O3. The Kier molecular flexibility index (Phi) is 4.81. The summed E-state index contributed by atoms with van der Waals surface area (Å²) in [5, 5.41) is 10.3. The minimum Gasteiger partial charge on any atom is -0.480 e. The summed E-state index contributed by atoms with van der Waals surface area (Å²) in [7, 11) is 1.49. The van der Waals surface area contributed by atoms with E-state index in [-0.39, 0.29) is 11.6 Å². The largest absolute Gasteiger partial charge is 0.480 e. The van der Waals surface area contributed by atoms with Crippen LogP contribution in [0.2, 0.25) is 0 Å². The van der Waals surface area contributed by atoms with Gasteiger partial charge in [0.15, 0.2) is 5.69 Å². The number of aromatic nitrogens is 3. The van der Waals surface area contributed by atoms with Crippen LogP contribution in [0.1, 0.15) is 16.2 Å². The molecule has 24 heavy (non-hydrogen) atoms. The van der Waals surface area contributed by atoms with Crippen molar-refractivity contribution in [1.29, 1.82) is 0 Å². The molecule has 0 fully saturated rings. The van der Waals surface area contributed by atoms with Gasteiger partial charge >= 0.3 is 0 Å². The summed E-state index contributed by atoms with van der Waals surface area (Å²) in [4.78, 5) is 16.4. The Balaban J connectivity index is 1.53. The number of rotatable bonds is 6. The summed E-state index contributed by atoms with van der Waals surface area (Å²) in [5.41, 5.74) is 1.93. The highest BCUT2D eigenvalue weighted by atomic mass is 16.5. The minimum atomic E-state index is -0.295. The molecule has 0 aliphatic heterocycles. The van der Waals surface area contributed by atoms with E-state index in [1.54, 1.807) is 18.4 Å². The number of oxazole rings is 1.